The average Bonchev–Trinajstić information content (AvgIpc) is 2.43. The lowest BCUT2D eigenvalue weighted by Gasteiger charge is -2.20. The molecular weight excluding hydrogens is 284 g/mol. The number of rotatable bonds is 3. The molecule has 21 heavy (non-hydrogen) atoms. The van der Waals surface area contributed by atoms with Crippen molar-refractivity contribution < 1.29 is 17.6 Å². The predicted molar refractivity (Wildman–Crippen MR) is 71.7 cm³/mol. The number of hydrogen-bond acceptors (Lipinski definition) is 2. The van der Waals surface area contributed by atoms with Crippen molar-refractivity contribution in [3.8, 4) is 0 Å². The predicted octanol–water partition coefficient (Wildman–Crippen LogP) is 3.71. The van der Waals surface area contributed by atoms with E-state index in [4.69, 9.17) is 5.84 Å². The molecule has 6 heteroatoms. The molecule has 2 rings (SSSR count). The van der Waals surface area contributed by atoms with E-state index in [1.165, 1.54) is 24.3 Å². The van der Waals surface area contributed by atoms with Crippen molar-refractivity contribution in [3.05, 3.63) is 70.5 Å². The first-order valence-electron chi connectivity index (χ1n) is 6.22. The highest BCUT2D eigenvalue weighted by Gasteiger charge is 2.31. The van der Waals surface area contributed by atoms with E-state index < -0.39 is 23.6 Å². The zero-order valence-corrected chi connectivity index (χ0v) is 11.2. The van der Waals surface area contributed by atoms with E-state index in [0.29, 0.717) is 11.1 Å². The molecule has 0 radical (unpaired) electrons. The minimum atomic E-state index is -4.44. The first-order chi connectivity index (χ1) is 9.82. The maximum Gasteiger partial charge on any atom is 0.416 e. The van der Waals surface area contributed by atoms with Crippen molar-refractivity contribution in [1.29, 1.82) is 0 Å². The van der Waals surface area contributed by atoms with E-state index in [1.54, 1.807) is 13.0 Å². The Morgan fingerprint density at radius 3 is 2.43 bits per heavy atom. The minimum Gasteiger partial charge on any atom is -0.271 e. The highest BCUT2D eigenvalue weighted by molar-refractivity contribution is 5.39. The van der Waals surface area contributed by atoms with Crippen LogP contribution in [0.3, 0.4) is 0 Å². The van der Waals surface area contributed by atoms with Crippen LogP contribution in [-0.4, -0.2) is 0 Å². The molecule has 0 aliphatic carbocycles. The first kappa shape index (κ1) is 15.5. The Bertz CT molecular complexity index is 638. The van der Waals surface area contributed by atoms with Crippen LogP contribution in [0.5, 0.6) is 0 Å². The van der Waals surface area contributed by atoms with Crippen LogP contribution in [0.15, 0.2) is 42.5 Å². The summed E-state index contributed by atoms with van der Waals surface area (Å²) in [4.78, 5) is 0. The Kier molecular flexibility index (Phi) is 4.29. The quantitative estimate of drug-likeness (QED) is 0.515. The van der Waals surface area contributed by atoms with Gasteiger partial charge in [0.05, 0.1) is 11.6 Å². The van der Waals surface area contributed by atoms with Crippen molar-refractivity contribution in [2.75, 3.05) is 0 Å². The number of alkyl halides is 3. The van der Waals surface area contributed by atoms with Gasteiger partial charge in [-0.15, -0.1) is 0 Å². The summed E-state index contributed by atoms with van der Waals surface area (Å²) in [6.07, 6.45) is -4.44. The third kappa shape index (κ3) is 3.40. The maximum atomic E-state index is 13.4. The van der Waals surface area contributed by atoms with Gasteiger partial charge in [-0.2, -0.15) is 13.2 Å². The molecule has 2 nitrogen and oxygen atoms in total. The molecule has 3 N–H and O–H groups in total. The fourth-order valence-corrected chi connectivity index (χ4v) is 2.18. The summed E-state index contributed by atoms with van der Waals surface area (Å²) in [6, 6.07) is 8.20. The number of nitrogens with two attached hydrogens (primary N) is 1. The van der Waals surface area contributed by atoms with Gasteiger partial charge in [0.15, 0.2) is 0 Å². The number of halogens is 4. The second-order valence-corrected chi connectivity index (χ2v) is 4.72. The van der Waals surface area contributed by atoms with Crippen LogP contribution in [-0.2, 0) is 6.18 Å². The number of benzene rings is 2. The number of nitrogens with one attached hydrogen (secondary N) is 1. The molecule has 0 spiro atoms. The van der Waals surface area contributed by atoms with E-state index in [0.717, 1.165) is 17.7 Å². The van der Waals surface area contributed by atoms with E-state index in [9.17, 15) is 17.6 Å². The number of hydrogen-bond donors (Lipinski definition) is 2. The van der Waals surface area contributed by atoms with E-state index >= 15 is 0 Å². The summed E-state index contributed by atoms with van der Waals surface area (Å²) in [6.45, 7) is 1.74. The summed E-state index contributed by atoms with van der Waals surface area (Å²) in [5.41, 5.74) is 3.23. The van der Waals surface area contributed by atoms with Gasteiger partial charge in [0, 0.05) is 0 Å². The van der Waals surface area contributed by atoms with Crippen LogP contribution in [0.1, 0.15) is 28.3 Å². The summed E-state index contributed by atoms with van der Waals surface area (Å²) < 4.78 is 51.7. The normalized spacial score (nSPS) is 13.2. The second kappa shape index (κ2) is 5.83. The molecule has 1 atom stereocenters. The van der Waals surface area contributed by atoms with Gasteiger partial charge in [0.1, 0.15) is 5.82 Å². The van der Waals surface area contributed by atoms with Crippen LogP contribution < -0.4 is 11.3 Å². The Labute approximate surface area is 119 Å². The minimum absolute atomic E-state index is 0.320. The molecule has 2 aromatic carbocycles. The largest absolute Gasteiger partial charge is 0.416 e. The fraction of sp³-hybridized carbons (Fsp3) is 0.200. The second-order valence-electron chi connectivity index (χ2n) is 4.72. The van der Waals surface area contributed by atoms with Crippen molar-refractivity contribution in [2.24, 2.45) is 5.84 Å². The van der Waals surface area contributed by atoms with Crippen molar-refractivity contribution >= 4 is 0 Å². The molecule has 112 valence electrons. The molecule has 0 heterocycles. The Morgan fingerprint density at radius 1 is 1.10 bits per heavy atom. The van der Waals surface area contributed by atoms with Gasteiger partial charge in [0.2, 0.25) is 0 Å². The highest BCUT2D eigenvalue weighted by atomic mass is 19.4. The van der Waals surface area contributed by atoms with Gasteiger partial charge in [-0.1, -0.05) is 18.2 Å². The van der Waals surface area contributed by atoms with Crippen molar-refractivity contribution in [3.63, 3.8) is 0 Å². The lowest BCUT2D eigenvalue weighted by Crippen LogP contribution is -2.29. The number of hydrazine groups is 1. The van der Waals surface area contributed by atoms with Crippen LogP contribution in [0.4, 0.5) is 17.6 Å². The zero-order valence-electron chi connectivity index (χ0n) is 11.2. The Balaban J connectivity index is 2.49. The van der Waals surface area contributed by atoms with Gasteiger partial charge in [-0.3, -0.25) is 5.84 Å². The molecule has 0 aliphatic rings. The SMILES string of the molecule is Cc1ccc(F)cc1C(NN)c1cccc(C(F)(F)F)c1. The van der Waals surface area contributed by atoms with Gasteiger partial charge in [0.25, 0.3) is 0 Å². The van der Waals surface area contributed by atoms with Gasteiger partial charge in [-0.05, 0) is 47.9 Å². The molecule has 0 saturated heterocycles. The van der Waals surface area contributed by atoms with E-state index in [-0.39, 0.29) is 0 Å². The van der Waals surface area contributed by atoms with E-state index in [1.807, 2.05) is 0 Å². The molecule has 0 aromatic heterocycles. The fourth-order valence-electron chi connectivity index (χ4n) is 2.18. The third-order valence-corrected chi connectivity index (χ3v) is 3.27. The zero-order chi connectivity index (χ0) is 15.6. The summed E-state index contributed by atoms with van der Waals surface area (Å²) in [7, 11) is 0. The molecular formula is C15H14F4N2. The third-order valence-electron chi connectivity index (χ3n) is 3.27. The van der Waals surface area contributed by atoms with E-state index in [2.05, 4.69) is 5.43 Å². The molecule has 0 fully saturated rings. The monoisotopic (exact) mass is 298 g/mol. The first-order valence-corrected chi connectivity index (χ1v) is 6.22. The van der Waals surface area contributed by atoms with Crippen molar-refractivity contribution in [2.45, 2.75) is 19.1 Å². The lowest BCUT2D eigenvalue weighted by molar-refractivity contribution is -0.137. The molecule has 1 unspecified atom stereocenters. The molecule has 0 saturated carbocycles. The van der Waals surface area contributed by atoms with Crippen LogP contribution in [0.25, 0.3) is 0 Å². The number of aryl methyl sites for hydroxylation is 1. The van der Waals surface area contributed by atoms with Crippen LogP contribution in [0, 0.1) is 12.7 Å². The van der Waals surface area contributed by atoms with Crippen LogP contribution >= 0.6 is 0 Å². The van der Waals surface area contributed by atoms with Crippen LogP contribution in [0.2, 0.25) is 0 Å². The van der Waals surface area contributed by atoms with Gasteiger partial charge in [-0.25, -0.2) is 9.82 Å². The summed E-state index contributed by atoms with van der Waals surface area (Å²) in [5.74, 6) is 4.99. The lowest BCUT2D eigenvalue weighted by atomic mass is 9.94. The average molecular weight is 298 g/mol. The standard InChI is InChI=1S/C15H14F4N2/c1-9-5-6-12(16)8-13(9)14(21-20)10-3-2-4-11(7-10)15(17,18)19/h2-8,14,21H,20H2,1H3. The van der Waals surface area contributed by atoms with Crippen molar-refractivity contribution in [1.82, 2.24) is 5.43 Å². The maximum absolute atomic E-state index is 13.4. The molecule has 0 amide bonds. The smallest absolute Gasteiger partial charge is 0.271 e. The molecule has 2 aromatic rings. The van der Waals surface area contributed by atoms with Gasteiger partial charge < -0.3 is 0 Å². The Hall–Kier alpha value is -1.92. The summed E-state index contributed by atoms with van der Waals surface area (Å²) in [5, 5.41) is 0. The molecule has 0 aliphatic heterocycles. The highest BCUT2D eigenvalue weighted by Crippen LogP contribution is 2.32. The topological polar surface area (TPSA) is 38.0 Å². The Morgan fingerprint density at radius 2 is 1.81 bits per heavy atom. The van der Waals surface area contributed by atoms with Gasteiger partial charge >= 0.3 is 6.18 Å². The molecule has 0 bridgehead atoms. The summed E-state index contributed by atoms with van der Waals surface area (Å²) >= 11 is 0.